The maximum atomic E-state index is 12.0. The molecular formula is C13H23NO4. The van der Waals surface area contributed by atoms with Crippen molar-refractivity contribution in [1.29, 1.82) is 0 Å². The average Bonchev–Trinajstić information content (AvgIpc) is 2.12. The van der Waals surface area contributed by atoms with Crippen LogP contribution in [-0.4, -0.2) is 40.3 Å². The first-order chi connectivity index (χ1) is 8.10. The number of carbonyl (C=O) groups excluding carboxylic acids is 1. The maximum absolute atomic E-state index is 12.0. The summed E-state index contributed by atoms with van der Waals surface area (Å²) in [5, 5.41) is 9.20. The van der Waals surface area contributed by atoms with Crippen LogP contribution >= 0.6 is 0 Å². The van der Waals surface area contributed by atoms with Gasteiger partial charge in [0.15, 0.2) is 0 Å². The first-order valence-corrected chi connectivity index (χ1v) is 5.93. The summed E-state index contributed by atoms with van der Waals surface area (Å²) in [6.07, 6.45) is 0.853. The van der Waals surface area contributed by atoms with Crippen LogP contribution in [0.15, 0.2) is 12.7 Å². The lowest BCUT2D eigenvalue weighted by Crippen LogP contribution is -2.49. The van der Waals surface area contributed by atoms with Crippen molar-refractivity contribution in [2.45, 2.75) is 46.3 Å². The fourth-order valence-electron chi connectivity index (χ4n) is 1.54. The molecule has 0 fully saturated rings. The van der Waals surface area contributed by atoms with Crippen LogP contribution in [0.3, 0.4) is 0 Å². The van der Waals surface area contributed by atoms with Crippen LogP contribution in [0.4, 0.5) is 4.79 Å². The third-order valence-corrected chi connectivity index (χ3v) is 2.17. The molecule has 1 N–H and O–H groups in total. The Morgan fingerprint density at radius 3 is 2.17 bits per heavy atom. The summed E-state index contributed by atoms with van der Waals surface area (Å²) in [4.78, 5) is 24.4. The number of carboxylic acid groups (broad SMARTS) is 1. The number of hydrogen-bond donors (Lipinski definition) is 1. The van der Waals surface area contributed by atoms with Crippen LogP contribution in [-0.2, 0) is 9.53 Å². The minimum absolute atomic E-state index is 0.143. The predicted octanol–water partition coefficient (Wildman–Crippen LogP) is 2.52. The molecule has 0 radical (unpaired) electrons. The predicted molar refractivity (Wildman–Crippen MR) is 69.4 cm³/mol. The molecule has 0 aliphatic rings. The van der Waals surface area contributed by atoms with Crippen molar-refractivity contribution in [1.82, 2.24) is 4.90 Å². The molecule has 0 bridgehead atoms. The van der Waals surface area contributed by atoms with Crippen LogP contribution in [0.1, 0.15) is 34.6 Å². The summed E-state index contributed by atoms with van der Waals surface area (Å²) in [5.74, 6) is -1.26. The second-order valence-electron chi connectivity index (χ2n) is 5.45. The van der Waals surface area contributed by atoms with E-state index in [-0.39, 0.29) is 12.5 Å². The van der Waals surface area contributed by atoms with Crippen LogP contribution < -0.4 is 0 Å². The van der Waals surface area contributed by atoms with E-state index in [1.165, 1.54) is 11.0 Å². The Bertz CT molecular complexity index is 317. The van der Waals surface area contributed by atoms with Gasteiger partial charge in [0.25, 0.3) is 0 Å². The topological polar surface area (TPSA) is 66.8 Å². The number of carboxylic acids is 1. The number of aliphatic carboxylic acids is 1. The Morgan fingerprint density at radius 1 is 1.39 bits per heavy atom. The van der Waals surface area contributed by atoms with Crippen LogP contribution in [0.5, 0.6) is 0 Å². The minimum Gasteiger partial charge on any atom is -0.480 e. The van der Waals surface area contributed by atoms with E-state index in [0.29, 0.717) is 0 Å². The average molecular weight is 257 g/mol. The third kappa shape index (κ3) is 5.21. The Balaban J connectivity index is 5.09. The van der Waals surface area contributed by atoms with Crippen molar-refractivity contribution in [2.75, 3.05) is 6.54 Å². The number of hydrogen-bond acceptors (Lipinski definition) is 3. The molecule has 5 nitrogen and oxygen atoms in total. The lowest BCUT2D eigenvalue weighted by Gasteiger charge is -2.32. The van der Waals surface area contributed by atoms with Crippen molar-refractivity contribution in [3.8, 4) is 0 Å². The molecule has 0 aliphatic heterocycles. The molecule has 18 heavy (non-hydrogen) atoms. The highest BCUT2D eigenvalue weighted by Gasteiger charge is 2.34. The van der Waals surface area contributed by atoms with E-state index in [2.05, 4.69) is 6.58 Å². The molecule has 0 rings (SSSR count). The molecule has 0 aliphatic carbocycles. The fraction of sp³-hybridized carbons (Fsp3) is 0.692. The second-order valence-corrected chi connectivity index (χ2v) is 5.45. The number of ether oxygens (including phenoxy) is 1. The van der Waals surface area contributed by atoms with Gasteiger partial charge in [-0.3, -0.25) is 4.90 Å². The maximum Gasteiger partial charge on any atom is 0.411 e. The highest BCUT2D eigenvalue weighted by molar-refractivity contribution is 5.80. The largest absolute Gasteiger partial charge is 0.480 e. The first-order valence-electron chi connectivity index (χ1n) is 5.93. The fourth-order valence-corrected chi connectivity index (χ4v) is 1.54. The molecule has 1 unspecified atom stereocenters. The Kier molecular flexibility index (Phi) is 5.88. The van der Waals surface area contributed by atoms with Gasteiger partial charge in [-0.05, 0) is 26.7 Å². The zero-order chi connectivity index (χ0) is 14.5. The molecule has 0 aromatic heterocycles. The summed E-state index contributed by atoms with van der Waals surface area (Å²) >= 11 is 0. The van der Waals surface area contributed by atoms with Crippen molar-refractivity contribution >= 4 is 12.1 Å². The molecule has 1 amide bonds. The van der Waals surface area contributed by atoms with E-state index in [0.717, 1.165) is 0 Å². The quantitative estimate of drug-likeness (QED) is 0.768. The van der Waals surface area contributed by atoms with Crippen molar-refractivity contribution in [2.24, 2.45) is 5.92 Å². The molecule has 0 heterocycles. The van der Waals surface area contributed by atoms with Gasteiger partial charge in [-0.15, -0.1) is 6.58 Å². The normalized spacial score (nSPS) is 13.0. The van der Waals surface area contributed by atoms with Gasteiger partial charge in [0, 0.05) is 6.54 Å². The highest BCUT2D eigenvalue weighted by Crippen LogP contribution is 2.16. The monoisotopic (exact) mass is 257 g/mol. The van der Waals surface area contributed by atoms with Crippen LogP contribution in [0, 0.1) is 5.92 Å². The van der Waals surface area contributed by atoms with E-state index in [1.807, 2.05) is 0 Å². The van der Waals surface area contributed by atoms with E-state index in [4.69, 9.17) is 4.74 Å². The van der Waals surface area contributed by atoms with Crippen LogP contribution in [0.2, 0.25) is 0 Å². The van der Waals surface area contributed by atoms with E-state index < -0.39 is 23.7 Å². The van der Waals surface area contributed by atoms with Crippen molar-refractivity contribution in [3.05, 3.63) is 12.7 Å². The van der Waals surface area contributed by atoms with Gasteiger partial charge in [-0.25, -0.2) is 9.59 Å². The Labute approximate surface area is 108 Å². The van der Waals surface area contributed by atoms with Gasteiger partial charge < -0.3 is 9.84 Å². The van der Waals surface area contributed by atoms with Gasteiger partial charge in [0.05, 0.1) is 0 Å². The van der Waals surface area contributed by atoms with E-state index in [1.54, 1.807) is 34.6 Å². The molecule has 104 valence electrons. The second kappa shape index (κ2) is 6.42. The number of nitrogens with zero attached hydrogens (tertiary/aromatic N) is 1. The lowest BCUT2D eigenvalue weighted by atomic mass is 10.0. The first kappa shape index (κ1) is 16.5. The van der Waals surface area contributed by atoms with Gasteiger partial charge in [0.2, 0.25) is 0 Å². The van der Waals surface area contributed by atoms with Crippen molar-refractivity contribution in [3.63, 3.8) is 0 Å². The van der Waals surface area contributed by atoms with E-state index in [9.17, 15) is 14.7 Å². The molecule has 0 saturated carbocycles. The summed E-state index contributed by atoms with van der Waals surface area (Å²) in [5.41, 5.74) is -0.656. The highest BCUT2D eigenvalue weighted by atomic mass is 16.6. The molecule has 1 atom stereocenters. The van der Waals surface area contributed by atoms with Crippen molar-refractivity contribution < 1.29 is 19.4 Å². The van der Waals surface area contributed by atoms with Crippen LogP contribution in [0.25, 0.3) is 0 Å². The zero-order valence-electron chi connectivity index (χ0n) is 11.8. The number of rotatable bonds is 5. The number of carbonyl (C=O) groups is 2. The minimum atomic E-state index is -1.04. The molecule has 0 aromatic rings. The van der Waals surface area contributed by atoms with Gasteiger partial charge >= 0.3 is 12.1 Å². The summed E-state index contributed by atoms with van der Waals surface area (Å²) in [7, 11) is 0. The van der Waals surface area contributed by atoms with Gasteiger partial charge in [-0.1, -0.05) is 19.9 Å². The zero-order valence-corrected chi connectivity index (χ0v) is 11.8. The van der Waals surface area contributed by atoms with Gasteiger partial charge in [0.1, 0.15) is 11.6 Å². The SMILES string of the molecule is C=CCN(C(=O)OC(C)(C)C)C(C(=O)O)C(C)C. The molecule has 0 aromatic carbocycles. The lowest BCUT2D eigenvalue weighted by molar-refractivity contribution is -0.144. The standard InChI is InChI=1S/C13H23NO4/c1-7-8-14(10(9(2)3)11(15)16)12(17)18-13(4,5)6/h7,9-10H,1,8H2,2-6H3,(H,15,16). The van der Waals surface area contributed by atoms with Gasteiger partial charge in [-0.2, -0.15) is 0 Å². The Hall–Kier alpha value is -1.52. The molecule has 0 spiro atoms. The number of amides is 1. The molecule has 5 heteroatoms. The summed E-state index contributed by atoms with van der Waals surface area (Å²) in [6.45, 7) is 12.4. The summed E-state index contributed by atoms with van der Waals surface area (Å²) in [6, 6.07) is -0.919. The van der Waals surface area contributed by atoms with E-state index >= 15 is 0 Å². The molecule has 0 saturated heterocycles. The Morgan fingerprint density at radius 2 is 1.89 bits per heavy atom. The summed E-state index contributed by atoms with van der Waals surface area (Å²) < 4.78 is 5.21. The third-order valence-electron chi connectivity index (χ3n) is 2.17. The molecular weight excluding hydrogens is 234 g/mol. The smallest absolute Gasteiger partial charge is 0.411 e.